The lowest BCUT2D eigenvalue weighted by atomic mass is 10.0. The van der Waals surface area contributed by atoms with Gasteiger partial charge in [-0.1, -0.05) is 36.4 Å². The van der Waals surface area contributed by atoms with Crippen LogP contribution in [0.5, 0.6) is 0 Å². The standard InChI is InChI=1S/C13H14N2O3/c1-9(16)18-15-11(12(14)13(15)17)8-7-10-5-3-2-4-6-10/h2-6,8,12H,7,14H2,1H3/b11-8+. The maximum Gasteiger partial charge on any atom is 0.330 e. The largest absolute Gasteiger partial charge is 0.334 e. The number of carbonyl (C=O) groups is 2. The molecular formula is C13H14N2O3. The number of allylic oxidation sites excluding steroid dienone is 1. The van der Waals surface area contributed by atoms with Gasteiger partial charge in [0.1, 0.15) is 6.04 Å². The maximum atomic E-state index is 11.4. The zero-order chi connectivity index (χ0) is 13.1. The van der Waals surface area contributed by atoms with E-state index in [0.717, 1.165) is 10.6 Å². The van der Waals surface area contributed by atoms with Gasteiger partial charge < -0.3 is 10.6 Å². The predicted octanol–water partition coefficient (Wildman–Crippen LogP) is 0.761. The Labute approximate surface area is 105 Å². The van der Waals surface area contributed by atoms with E-state index in [-0.39, 0.29) is 0 Å². The van der Waals surface area contributed by atoms with Gasteiger partial charge in [0.05, 0.1) is 5.70 Å². The number of amides is 1. The Balaban J connectivity index is 2.07. The summed E-state index contributed by atoms with van der Waals surface area (Å²) in [5.41, 5.74) is 7.27. The van der Waals surface area contributed by atoms with Gasteiger partial charge in [0, 0.05) is 6.92 Å². The fourth-order valence-electron chi connectivity index (χ4n) is 1.71. The highest BCUT2D eigenvalue weighted by Gasteiger charge is 2.42. The van der Waals surface area contributed by atoms with Gasteiger partial charge in [-0.05, 0) is 12.0 Å². The fraction of sp³-hybridized carbons (Fsp3) is 0.231. The summed E-state index contributed by atoms with van der Waals surface area (Å²) in [5, 5.41) is 0.954. The lowest BCUT2D eigenvalue weighted by Crippen LogP contribution is -2.58. The normalized spacial score (nSPS) is 20.8. The van der Waals surface area contributed by atoms with E-state index >= 15 is 0 Å². The van der Waals surface area contributed by atoms with E-state index in [4.69, 9.17) is 10.6 Å². The van der Waals surface area contributed by atoms with E-state index in [1.54, 1.807) is 6.08 Å². The van der Waals surface area contributed by atoms with E-state index in [0.29, 0.717) is 12.1 Å². The molecule has 0 saturated carbocycles. The van der Waals surface area contributed by atoms with Gasteiger partial charge in [0.2, 0.25) is 0 Å². The third kappa shape index (κ3) is 2.41. The van der Waals surface area contributed by atoms with Crippen molar-refractivity contribution in [2.24, 2.45) is 5.73 Å². The molecule has 5 heteroatoms. The molecule has 0 bridgehead atoms. The summed E-state index contributed by atoms with van der Waals surface area (Å²) < 4.78 is 0. The van der Waals surface area contributed by atoms with Crippen molar-refractivity contribution in [3.8, 4) is 0 Å². The molecule has 1 saturated heterocycles. The summed E-state index contributed by atoms with van der Waals surface area (Å²) in [6, 6.07) is 9.04. The van der Waals surface area contributed by atoms with Crippen LogP contribution < -0.4 is 5.73 Å². The van der Waals surface area contributed by atoms with Gasteiger partial charge in [0.25, 0.3) is 5.91 Å². The van der Waals surface area contributed by atoms with Crippen molar-refractivity contribution in [3.05, 3.63) is 47.7 Å². The van der Waals surface area contributed by atoms with E-state index < -0.39 is 17.9 Å². The Kier molecular flexibility index (Phi) is 3.43. The molecule has 5 nitrogen and oxygen atoms in total. The Morgan fingerprint density at radius 1 is 1.44 bits per heavy atom. The first-order chi connectivity index (χ1) is 8.59. The molecule has 94 valence electrons. The second-order valence-corrected chi connectivity index (χ2v) is 4.01. The molecule has 0 spiro atoms. The molecule has 1 aromatic rings. The van der Waals surface area contributed by atoms with Crippen molar-refractivity contribution in [2.75, 3.05) is 0 Å². The molecule has 1 unspecified atom stereocenters. The molecule has 0 aliphatic carbocycles. The van der Waals surface area contributed by atoms with E-state index in [9.17, 15) is 9.59 Å². The van der Waals surface area contributed by atoms with E-state index in [1.807, 2.05) is 30.3 Å². The molecule has 1 aliphatic rings. The summed E-state index contributed by atoms with van der Waals surface area (Å²) in [4.78, 5) is 27.0. The summed E-state index contributed by atoms with van der Waals surface area (Å²) in [6.45, 7) is 1.24. The van der Waals surface area contributed by atoms with Crippen molar-refractivity contribution >= 4 is 11.9 Å². The Morgan fingerprint density at radius 3 is 2.72 bits per heavy atom. The highest BCUT2D eigenvalue weighted by atomic mass is 16.7. The van der Waals surface area contributed by atoms with Crippen LogP contribution in [0.2, 0.25) is 0 Å². The van der Waals surface area contributed by atoms with Crippen LogP contribution in [0.25, 0.3) is 0 Å². The van der Waals surface area contributed by atoms with E-state index in [2.05, 4.69) is 0 Å². The Bertz CT molecular complexity index is 496. The van der Waals surface area contributed by atoms with Crippen LogP contribution >= 0.6 is 0 Å². The molecule has 2 N–H and O–H groups in total. The summed E-state index contributed by atoms with van der Waals surface area (Å²) >= 11 is 0. The van der Waals surface area contributed by atoms with Crippen LogP contribution in [0.15, 0.2) is 42.1 Å². The first kappa shape index (κ1) is 12.3. The van der Waals surface area contributed by atoms with Crippen LogP contribution in [-0.4, -0.2) is 23.0 Å². The minimum Gasteiger partial charge on any atom is -0.334 e. The molecular weight excluding hydrogens is 232 g/mol. The minimum absolute atomic E-state index is 0.399. The summed E-state index contributed by atoms with van der Waals surface area (Å²) in [5.74, 6) is -0.939. The van der Waals surface area contributed by atoms with Gasteiger partial charge >= 0.3 is 5.97 Å². The number of carbonyl (C=O) groups excluding carboxylic acids is 2. The molecule has 1 aliphatic heterocycles. The average molecular weight is 246 g/mol. The van der Waals surface area contributed by atoms with Gasteiger partial charge in [0.15, 0.2) is 0 Å². The van der Waals surface area contributed by atoms with E-state index in [1.165, 1.54) is 6.92 Å². The number of hydroxylamine groups is 2. The van der Waals surface area contributed by atoms with Gasteiger partial charge in [-0.25, -0.2) is 4.79 Å². The number of hydrogen-bond donors (Lipinski definition) is 1. The van der Waals surface area contributed by atoms with Crippen LogP contribution in [0.4, 0.5) is 0 Å². The molecule has 1 aromatic carbocycles. The van der Waals surface area contributed by atoms with Crippen molar-refractivity contribution in [3.63, 3.8) is 0 Å². The number of hydrogen-bond acceptors (Lipinski definition) is 4. The number of nitrogens with zero attached hydrogens (tertiary/aromatic N) is 1. The number of rotatable bonds is 3. The quantitative estimate of drug-likeness (QED) is 0.799. The SMILES string of the molecule is CC(=O)ON1C(=O)C(N)/C1=C\Cc1ccccc1. The second kappa shape index (κ2) is 5.01. The Morgan fingerprint density at radius 2 is 2.11 bits per heavy atom. The molecule has 1 heterocycles. The van der Waals surface area contributed by atoms with Crippen molar-refractivity contribution in [1.82, 2.24) is 5.06 Å². The van der Waals surface area contributed by atoms with Gasteiger partial charge in [-0.15, -0.1) is 5.06 Å². The first-order valence-electron chi connectivity index (χ1n) is 5.61. The molecule has 18 heavy (non-hydrogen) atoms. The number of benzene rings is 1. The molecule has 2 rings (SSSR count). The third-order valence-corrected chi connectivity index (χ3v) is 2.63. The summed E-state index contributed by atoms with van der Waals surface area (Å²) in [7, 11) is 0. The van der Waals surface area contributed by atoms with Crippen LogP contribution in [0, 0.1) is 0 Å². The minimum atomic E-state index is -0.701. The van der Waals surface area contributed by atoms with Crippen molar-refractivity contribution < 1.29 is 14.4 Å². The lowest BCUT2D eigenvalue weighted by molar-refractivity contribution is -0.200. The predicted molar refractivity (Wildman–Crippen MR) is 64.8 cm³/mol. The van der Waals surface area contributed by atoms with Gasteiger partial charge in [-0.2, -0.15) is 0 Å². The molecule has 0 radical (unpaired) electrons. The molecule has 1 atom stereocenters. The number of nitrogens with two attached hydrogens (primary N) is 1. The summed E-state index contributed by atoms with van der Waals surface area (Å²) in [6.07, 6.45) is 2.43. The fourth-order valence-corrected chi connectivity index (χ4v) is 1.71. The number of β-lactam (4-membered cyclic amide) rings is 1. The molecule has 1 fully saturated rings. The topological polar surface area (TPSA) is 72.6 Å². The lowest BCUT2D eigenvalue weighted by Gasteiger charge is -2.36. The van der Waals surface area contributed by atoms with Crippen molar-refractivity contribution in [2.45, 2.75) is 19.4 Å². The Hall–Kier alpha value is -2.14. The second-order valence-electron chi connectivity index (χ2n) is 4.01. The molecule has 0 aromatic heterocycles. The highest BCUT2D eigenvalue weighted by Crippen LogP contribution is 2.23. The van der Waals surface area contributed by atoms with Crippen LogP contribution in [-0.2, 0) is 20.8 Å². The highest BCUT2D eigenvalue weighted by molar-refractivity contribution is 5.94. The zero-order valence-electron chi connectivity index (χ0n) is 10.00. The third-order valence-electron chi connectivity index (χ3n) is 2.63. The zero-order valence-corrected chi connectivity index (χ0v) is 10.00. The smallest absolute Gasteiger partial charge is 0.330 e. The first-order valence-corrected chi connectivity index (χ1v) is 5.61. The van der Waals surface area contributed by atoms with Crippen molar-refractivity contribution in [1.29, 1.82) is 0 Å². The monoisotopic (exact) mass is 246 g/mol. The average Bonchev–Trinajstić information content (AvgIpc) is 2.38. The van der Waals surface area contributed by atoms with Crippen LogP contribution in [0.1, 0.15) is 12.5 Å². The van der Waals surface area contributed by atoms with Gasteiger partial charge in [-0.3, -0.25) is 4.79 Å². The van der Waals surface area contributed by atoms with Crippen LogP contribution in [0.3, 0.4) is 0 Å². The maximum absolute atomic E-state index is 11.4. The molecule has 1 amide bonds.